The average Bonchev–Trinajstić information content (AvgIpc) is 1.70. The van der Waals surface area contributed by atoms with Crippen LogP contribution in [0.25, 0.3) is 0 Å². The maximum Gasteiger partial charge on any atom is 0.309 e. The van der Waals surface area contributed by atoms with E-state index in [-0.39, 0.29) is 126 Å². The SMILES string of the molecule is CC(=O)OC(C)(C)C1C2COC3C2CC1C3OC(=O)C1CC2CC1C1C3C=CC(C3)C21.CC(=O)OC(C)(C)C1C2COC3C2OC1C3OC(=O)C1CC2CC1C1C3C=CC(C3)C21.O=C(OC1C2OC3C1OC1CCC2C13)C1CC2CC1C1C3C=CC(C3)C21. The summed E-state index contributed by atoms with van der Waals surface area (Å²) in [4.78, 5) is 63.5. The van der Waals surface area contributed by atoms with Crippen LogP contribution in [0.2, 0.25) is 0 Å². The third-order valence-electron chi connectivity index (χ3n) is 30.7. The van der Waals surface area contributed by atoms with E-state index >= 15 is 0 Å². The molecule has 15 nitrogen and oxygen atoms in total. The molecule has 7 saturated heterocycles. The molecular weight excluding hydrogens is 1120 g/mol. The molecule has 40 unspecified atom stereocenters. The third-order valence-corrected chi connectivity index (χ3v) is 30.7. The highest BCUT2D eigenvalue weighted by molar-refractivity contribution is 5.75. The fourth-order valence-corrected chi connectivity index (χ4v) is 29.0. The van der Waals surface area contributed by atoms with E-state index in [1.807, 2.05) is 27.7 Å². The Morgan fingerprint density at radius 1 is 0.364 bits per heavy atom. The summed E-state index contributed by atoms with van der Waals surface area (Å²) in [5.74, 6) is 15.3. The van der Waals surface area contributed by atoms with Gasteiger partial charge < -0.3 is 47.4 Å². The Bertz CT molecular complexity index is 2950. The molecule has 474 valence electrons. The lowest BCUT2D eigenvalue weighted by atomic mass is 9.69. The lowest BCUT2D eigenvalue weighted by molar-refractivity contribution is -0.177. The van der Waals surface area contributed by atoms with Gasteiger partial charge in [0.1, 0.15) is 41.7 Å². The van der Waals surface area contributed by atoms with Crippen molar-refractivity contribution >= 4 is 29.8 Å². The van der Waals surface area contributed by atoms with Crippen molar-refractivity contribution in [3.8, 4) is 0 Å². The van der Waals surface area contributed by atoms with Gasteiger partial charge in [0.25, 0.3) is 0 Å². The largest absolute Gasteiger partial charge is 0.460 e. The number of allylic oxidation sites excluding steroid dienone is 6. The van der Waals surface area contributed by atoms with Crippen LogP contribution in [0.4, 0.5) is 0 Å². The van der Waals surface area contributed by atoms with E-state index in [1.165, 1.54) is 65.2 Å². The topological polar surface area (TPSA) is 178 Å². The smallest absolute Gasteiger partial charge is 0.309 e. The molecule has 0 spiro atoms. The second kappa shape index (κ2) is 18.8. The molecule has 40 atom stereocenters. The number of rotatable bonds is 10. The van der Waals surface area contributed by atoms with Crippen LogP contribution in [0.5, 0.6) is 0 Å². The molecule has 0 aromatic heterocycles. The molecular formula is C73H92O15. The van der Waals surface area contributed by atoms with E-state index < -0.39 is 17.3 Å². The van der Waals surface area contributed by atoms with Gasteiger partial charge >= 0.3 is 29.8 Å². The first-order chi connectivity index (χ1) is 42.4. The van der Waals surface area contributed by atoms with Crippen molar-refractivity contribution in [3.05, 3.63) is 36.5 Å². The Hall–Kier alpha value is -3.63. The third kappa shape index (κ3) is 7.35. The Morgan fingerprint density at radius 3 is 1.34 bits per heavy atom. The lowest BCUT2D eigenvalue weighted by Gasteiger charge is -2.42. The molecule has 18 bridgehead atoms. The number of fused-ring (bicyclic) bond motifs is 31. The van der Waals surface area contributed by atoms with Crippen LogP contribution in [0.15, 0.2) is 36.5 Å². The summed E-state index contributed by atoms with van der Waals surface area (Å²) in [6, 6.07) is 0. The van der Waals surface area contributed by atoms with Crippen molar-refractivity contribution in [1.82, 2.24) is 0 Å². The fraction of sp³-hybridized carbons (Fsp3) is 0.849. The Balaban J connectivity index is 0.0000000933. The fourth-order valence-electron chi connectivity index (χ4n) is 29.0. The monoisotopic (exact) mass is 1210 g/mol. The van der Waals surface area contributed by atoms with Crippen LogP contribution < -0.4 is 0 Å². The Kier molecular flexibility index (Phi) is 11.7. The first-order valence-electron chi connectivity index (χ1n) is 35.7. The first-order valence-corrected chi connectivity index (χ1v) is 35.7. The summed E-state index contributed by atoms with van der Waals surface area (Å²) in [5, 5.41) is 0. The van der Waals surface area contributed by atoms with Crippen LogP contribution in [0.1, 0.15) is 119 Å². The van der Waals surface area contributed by atoms with Crippen molar-refractivity contribution in [3.63, 3.8) is 0 Å². The molecule has 0 amide bonds. The molecule has 0 aromatic rings. The number of esters is 5. The second-order valence-corrected chi connectivity index (χ2v) is 34.5. The Labute approximate surface area is 517 Å². The van der Waals surface area contributed by atoms with Crippen molar-refractivity contribution in [2.75, 3.05) is 13.2 Å². The van der Waals surface area contributed by atoms with E-state index in [9.17, 15) is 24.0 Å². The predicted octanol–water partition coefficient (Wildman–Crippen LogP) is 8.93. The molecule has 88 heavy (non-hydrogen) atoms. The van der Waals surface area contributed by atoms with Crippen LogP contribution in [0, 0.1) is 172 Å². The molecule has 7 aliphatic heterocycles. The van der Waals surface area contributed by atoms with Gasteiger partial charge in [0, 0.05) is 43.4 Å². The molecule has 12 saturated carbocycles. The quantitative estimate of drug-likeness (QED) is 0.0876. The van der Waals surface area contributed by atoms with Crippen LogP contribution in [-0.4, -0.2) is 121 Å². The molecule has 15 aliphatic carbocycles. The highest BCUT2D eigenvalue weighted by Crippen LogP contribution is 2.71. The van der Waals surface area contributed by atoms with Gasteiger partial charge in [0.05, 0.1) is 55.4 Å². The maximum atomic E-state index is 13.5. The van der Waals surface area contributed by atoms with Crippen molar-refractivity contribution < 1.29 is 71.3 Å². The summed E-state index contributed by atoms with van der Waals surface area (Å²) in [6.07, 6.45) is 28.3. The minimum Gasteiger partial charge on any atom is -0.460 e. The summed E-state index contributed by atoms with van der Waals surface area (Å²) in [5.41, 5.74) is -1.25. The molecule has 22 aliphatic rings. The zero-order valence-electron chi connectivity index (χ0n) is 52.1. The summed E-state index contributed by atoms with van der Waals surface area (Å²) in [7, 11) is 0. The van der Waals surface area contributed by atoms with Gasteiger partial charge in [-0.15, -0.1) is 0 Å². The minimum atomic E-state index is -0.686. The normalized spacial score (nSPS) is 58.2. The number of carbonyl (C=O) groups excluding carboxylic acids is 5. The molecule has 0 N–H and O–H groups in total. The molecule has 0 aromatic carbocycles. The van der Waals surface area contributed by atoms with Crippen molar-refractivity contribution in [2.24, 2.45) is 172 Å². The van der Waals surface area contributed by atoms with Crippen LogP contribution >= 0.6 is 0 Å². The number of ether oxygens (including phenoxy) is 10. The summed E-state index contributed by atoms with van der Waals surface area (Å²) in [6.45, 7) is 12.1. The molecule has 0 radical (unpaired) electrons. The average molecular weight is 1210 g/mol. The van der Waals surface area contributed by atoms with E-state index in [2.05, 4.69) is 36.5 Å². The second-order valence-electron chi connectivity index (χ2n) is 34.5. The van der Waals surface area contributed by atoms with Gasteiger partial charge in [-0.25, -0.2) is 0 Å². The highest BCUT2D eigenvalue weighted by Gasteiger charge is 2.74. The van der Waals surface area contributed by atoms with Gasteiger partial charge in [-0.3, -0.25) is 24.0 Å². The number of hydrogen-bond donors (Lipinski definition) is 0. The predicted molar refractivity (Wildman–Crippen MR) is 311 cm³/mol. The van der Waals surface area contributed by atoms with Crippen LogP contribution in [0.3, 0.4) is 0 Å². The highest BCUT2D eigenvalue weighted by atomic mass is 16.7. The summed E-state index contributed by atoms with van der Waals surface area (Å²) >= 11 is 0. The minimum absolute atomic E-state index is 0.0206. The van der Waals surface area contributed by atoms with Gasteiger partial charge in [0.15, 0.2) is 12.2 Å². The van der Waals surface area contributed by atoms with Gasteiger partial charge in [-0.2, -0.15) is 0 Å². The van der Waals surface area contributed by atoms with E-state index in [0.717, 1.165) is 84.9 Å². The van der Waals surface area contributed by atoms with E-state index in [0.29, 0.717) is 90.3 Å². The van der Waals surface area contributed by atoms with Crippen LogP contribution in [-0.2, 0) is 71.3 Å². The summed E-state index contributed by atoms with van der Waals surface area (Å²) < 4.78 is 61.2. The zero-order valence-corrected chi connectivity index (χ0v) is 52.1. The molecule has 19 fully saturated rings. The molecule has 22 rings (SSSR count). The van der Waals surface area contributed by atoms with Gasteiger partial charge in [-0.05, 0) is 229 Å². The number of hydrogen-bond acceptors (Lipinski definition) is 15. The lowest BCUT2D eigenvalue weighted by Crippen LogP contribution is -2.53. The first kappa shape index (κ1) is 54.9. The Morgan fingerprint density at radius 2 is 0.818 bits per heavy atom. The van der Waals surface area contributed by atoms with Gasteiger partial charge in [0.2, 0.25) is 0 Å². The van der Waals surface area contributed by atoms with E-state index in [4.69, 9.17) is 47.4 Å². The zero-order chi connectivity index (χ0) is 59.2. The number of carbonyl (C=O) groups is 5. The van der Waals surface area contributed by atoms with Gasteiger partial charge in [-0.1, -0.05) is 36.5 Å². The standard InChI is InChI=1S/C26H34O5.C25H32O6.C22H26O4/c1-11(27)31-26(2,3)22-18-9-16-19(22)10-29-23(16)24(18)30-25(28)17-8-14-7-15(17)21-13-5-4-12(6-13)20(14)21;1-10(26)31-25(2,3)19-16-9-28-22-20(16)29-21(19)23(22)30-24(27)15-8-13-7-14(15)18-12-5-4-11(6-12)17(13)18;23-22(13-7-10-6-12(13)16-9-2-1-8(5-9)15(10)16)26-20-18-11-3-4-14-17(11)19(25-18)21(20)24-14/h4-5,12-24H,6-10H2,1-3H3;4-5,11-23H,6-9H2,1-3H3;1-2,8-21H,3-7H2. The molecule has 7 heterocycles. The maximum absolute atomic E-state index is 13.5. The van der Waals surface area contributed by atoms with E-state index in [1.54, 1.807) is 0 Å². The van der Waals surface area contributed by atoms with Crippen molar-refractivity contribution in [1.29, 1.82) is 0 Å². The van der Waals surface area contributed by atoms with Crippen molar-refractivity contribution in [2.45, 2.75) is 197 Å². The molecule has 15 heteroatoms.